The number of pyridine rings is 1. The van der Waals surface area contributed by atoms with E-state index in [4.69, 9.17) is 0 Å². The van der Waals surface area contributed by atoms with Gasteiger partial charge >= 0.3 is 0 Å². The summed E-state index contributed by atoms with van der Waals surface area (Å²) in [6, 6.07) is 14.9. The van der Waals surface area contributed by atoms with E-state index in [0.29, 0.717) is 31.0 Å². The first-order valence-corrected chi connectivity index (χ1v) is 9.09. The molecule has 0 aliphatic rings. The highest BCUT2D eigenvalue weighted by Gasteiger charge is 2.22. The van der Waals surface area contributed by atoms with Crippen LogP contribution in [-0.4, -0.2) is 45.7 Å². The fourth-order valence-electron chi connectivity index (χ4n) is 2.76. The van der Waals surface area contributed by atoms with E-state index in [1.54, 1.807) is 28.0 Å². The second-order valence-electron chi connectivity index (χ2n) is 6.40. The van der Waals surface area contributed by atoms with Gasteiger partial charge in [-0.1, -0.05) is 36.4 Å². The Morgan fingerprint density at radius 2 is 1.46 bits per heavy atom. The Morgan fingerprint density at radius 1 is 0.885 bits per heavy atom. The molecule has 2 amide bonds. The van der Waals surface area contributed by atoms with Gasteiger partial charge in [0.15, 0.2) is 0 Å². The van der Waals surface area contributed by atoms with Crippen LogP contribution in [0.2, 0.25) is 0 Å². The lowest BCUT2D eigenvalue weighted by atomic mass is 10.1. The van der Waals surface area contributed by atoms with E-state index in [2.05, 4.69) is 4.98 Å². The molecule has 0 saturated carbocycles. The molecule has 0 bridgehead atoms. The van der Waals surface area contributed by atoms with Crippen molar-refractivity contribution in [2.24, 2.45) is 0 Å². The molecule has 1 aromatic heterocycles. The quantitative estimate of drug-likeness (QED) is 0.764. The van der Waals surface area contributed by atoms with Gasteiger partial charge in [0, 0.05) is 25.7 Å². The van der Waals surface area contributed by atoms with Gasteiger partial charge in [0.2, 0.25) is 0 Å². The number of hydrogen-bond donors (Lipinski definition) is 0. The summed E-state index contributed by atoms with van der Waals surface area (Å²) in [6.07, 6.45) is 0. The van der Waals surface area contributed by atoms with E-state index < -0.39 is 0 Å². The number of amides is 2. The van der Waals surface area contributed by atoms with Gasteiger partial charge in [-0.3, -0.25) is 9.59 Å². The molecule has 0 fully saturated rings. The Hall–Kier alpha value is -2.69. The van der Waals surface area contributed by atoms with E-state index in [1.165, 1.54) is 0 Å². The first-order valence-electron chi connectivity index (χ1n) is 9.09. The van der Waals surface area contributed by atoms with Crippen LogP contribution >= 0.6 is 0 Å². The first-order chi connectivity index (χ1) is 12.5. The molecule has 0 radical (unpaired) electrons. The summed E-state index contributed by atoms with van der Waals surface area (Å²) >= 11 is 0. The maximum atomic E-state index is 13.0. The van der Waals surface area contributed by atoms with Crippen molar-refractivity contribution >= 4 is 11.8 Å². The minimum absolute atomic E-state index is 0.0200. The molecule has 0 atom stereocenters. The highest BCUT2D eigenvalue weighted by atomic mass is 16.2. The molecule has 0 saturated heterocycles. The van der Waals surface area contributed by atoms with Gasteiger partial charge in [0.1, 0.15) is 11.4 Å². The molecule has 0 aliphatic heterocycles. The van der Waals surface area contributed by atoms with Crippen LogP contribution in [0.4, 0.5) is 0 Å². The minimum atomic E-state index is -0.168. The Morgan fingerprint density at radius 3 is 2.00 bits per heavy atom. The molecule has 5 nitrogen and oxygen atoms in total. The fourth-order valence-corrected chi connectivity index (χ4v) is 2.76. The van der Waals surface area contributed by atoms with Crippen molar-refractivity contribution in [3.05, 3.63) is 65.5 Å². The molecule has 1 aromatic carbocycles. The van der Waals surface area contributed by atoms with Crippen LogP contribution in [0.5, 0.6) is 0 Å². The summed E-state index contributed by atoms with van der Waals surface area (Å²) in [4.78, 5) is 33.3. The third-order valence-electron chi connectivity index (χ3n) is 4.32. The molecule has 26 heavy (non-hydrogen) atoms. The van der Waals surface area contributed by atoms with Crippen molar-refractivity contribution in [2.75, 3.05) is 13.1 Å². The highest BCUT2D eigenvalue weighted by Crippen LogP contribution is 2.13. The zero-order valence-corrected chi connectivity index (χ0v) is 16.0. The molecule has 0 spiro atoms. The van der Waals surface area contributed by atoms with Crippen LogP contribution in [0.25, 0.3) is 0 Å². The first kappa shape index (κ1) is 19.6. The Bertz CT molecular complexity index is 740. The van der Waals surface area contributed by atoms with Crippen LogP contribution in [0.1, 0.15) is 54.2 Å². The second-order valence-corrected chi connectivity index (χ2v) is 6.40. The Balaban J connectivity index is 2.26. The van der Waals surface area contributed by atoms with Crippen molar-refractivity contribution < 1.29 is 9.59 Å². The Labute approximate surface area is 155 Å². The molecule has 0 aliphatic carbocycles. The number of rotatable bonds is 7. The largest absolute Gasteiger partial charge is 0.338 e. The number of benzene rings is 1. The van der Waals surface area contributed by atoms with Crippen LogP contribution in [0, 0.1) is 0 Å². The van der Waals surface area contributed by atoms with Gasteiger partial charge < -0.3 is 9.80 Å². The van der Waals surface area contributed by atoms with E-state index in [-0.39, 0.29) is 17.9 Å². The monoisotopic (exact) mass is 353 g/mol. The normalized spacial score (nSPS) is 10.7. The van der Waals surface area contributed by atoms with E-state index in [1.807, 2.05) is 58.0 Å². The standard InChI is InChI=1S/C21H27N3O2/c1-5-23(6-2)20(25)18-13-10-14-19(22-18)21(26)24(16(3)4)15-17-11-8-7-9-12-17/h7-14,16H,5-6,15H2,1-4H3. The van der Waals surface area contributed by atoms with Crippen LogP contribution in [0.3, 0.4) is 0 Å². The summed E-state index contributed by atoms with van der Waals surface area (Å²) in [5, 5.41) is 0. The van der Waals surface area contributed by atoms with E-state index in [9.17, 15) is 9.59 Å². The van der Waals surface area contributed by atoms with Crippen LogP contribution < -0.4 is 0 Å². The lowest BCUT2D eigenvalue weighted by Crippen LogP contribution is -2.37. The summed E-state index contributed by atoms with van der Waals surface area (Å²) in [5.41, 5.74) is 1.67. The smallest absolute Gasteiger partial charge is 0.273 e. The van der Waals surface area contributed by atoms with Crippen LogP contribution in [0.15, 0.2) is 48.5 Å². The summed E-state index contributed by atoms with van der Waals surface area (Å²) in [5.74, 6) is -0.318. The van der Waals surface area contributed by atoms with Gasteiger partial charge in [-0.25, -0.2) is 4.98 Å². The van der Waals surface area contributed by atoms with E-state index >= 15 is 0 Å². The summed E-state index contributed by atoms with van der Waals surface area (Å²) in [7, 11) is 0. The minimum Gasteiger partial charge on any atom is -0.338 e. The van der Waals surface area contributed by atoms with Gasteiger partial charge in [0.05, 0.1) is 0 Å². The lowest BCUT2D eigenvalue weighted by molar-refractivity contribution is 0.0683. The van der Waals surface area contributed by atoms with Gasteiger partial charge in [-0.2, -0.15) is 0 Å². The number of hydrogen-bond acceptors (Lipinski definition) is 3. The van der Waals surface area contributed by atoms with Crippen molar-refractivity contribution in [3.63, 3.8) is 0 Å². The van der Waals surface area contributed by atoms with Crippen molar-refractivity contribution in [1.82, 2.24) is 14.8 Å². The summed E-state index contributed by atoms with van der Waals surface area (Å²) in [6.45, 7) is 9.54. The molecule has 2 aromatic rings. The third-order valence-corrected chi connectivity index (χ3v) is 4.32. The zero-order chi connectivity index (χ0) is 19.1. The second kappa shape index (κ2) is 9.13. The predicted octanol–water partition coefficient (Wildman–Crippen LogP) is 3.61. The predicted molar refractivity (Wildman–Crippen MR) is 103 cm³/mol. The van der Waals surface area contributed by atoms with Gasteiger partial charge in [0.25, 0.3) is 11.8 Å². The SMILES string of the molecule is CCN(CC)C(=O)c1cccc(C(=O)N(Cc2ccccc2)C(C)C)n1. The number of aromatic nitrogens is 1. The number of nitrogens with zero attached hydrogens (tertiary/aromatic N) is 3. The molecular weight excluding hydrogens is 326 g/mol. The van der Waals surface area contributed by atoms with Crippen molar-refractivity contribution in [1.29, 1.82) is 0 Å². The van der Waals surface area contributed by atoms with E-state index in [0.717, 1.165) is 5.56 Å². The number of carbonyl (C=O) groups is 2. The molecule has 2 rings (SSSR count). The molecule has 0 N–H and O–H groups in total. The molecule has 0 unspecified atom stereocenters. The molecular formula is C21H27N3O2. The highest BCUT2D eigenvalue weighted by molar-refractivity contribution is 5.96. The lowest BCUT2D eigenvalue weighted by Gasteiger charge is -2.27. The topological polar surface area (TPSA) is 53.5 Å². The average molecular weight is 353 g/mol. The van der Waals surface area contributed by atoms with Crippen molar-refractivity contribution in [3.8, 4) is 0 Å². The fraction of sp³-hybridized carbons (Fsp3) is 0.381. The van der Waals surface area contributed by atoms with Crippen molar-refractivity contribution in [2.45, 2.75) is 40.3 Å². The van der Waals surface area contributed by atoms with Gasteiger partial charge in [-0.05, 0) is 45.4 Å². The number of carbonyl (C=O) groups excluding carboxylic acids is 2. The molecule has 1 heterocycles. The Kier molecular flexibility index (Phi) is 6.89. The summed E-state index contributed by atoms with van der Waals surface area (Å²) < 4.78 is 0. The third kappa shape index (κ3) is 4.69. The van der Waals surface area contributed by atoms with Gasteiger partial charge in [-0.15, -0.1) is 0 Å². The zero-order valence-electron chi connectivity index (χ0n) is 16.0. The average Bonchev–Trinajstić information content (AvgIpc) is 2.67. The maximum absolute atomic E-state index is 13.0. The van der Waals surface area contributed by atoms with Crippen LogP contribution in [-0.2, 0) is 6.54 Å². The maximum Gasteiger partial charge on any atom is 0.273 e. The molecule has 5 heteroatoms. The molecule has 138 valence electrons.